The highest BCUT2D eigenvalue weighted by Crippen LogP contribution is 2.37. The first kappa shape index (κ1) is 15.3. The third kappa shape index (κ3) is 3.52. The van der Waals surface area contributed by atoms with Crippen LogP contribution in [0, 0.1) is 5.41 Å². The van der Waals surface area contributed by atoms with Crippen molar-refractivity contribution in [2.75, 3.05) is 31.8 Å². The Kier molecular flexibility index (Phi) is 4.70. The van der Waals surface area contributed by atoms with E-state index in [2.05, 4.69) is 24.2 Å². The lowest BCUT2D eigenvalue weighted by Gasteiger charge is -2.27. The Labute approximate surface area is 128 Å². The molecule has 1 aliphatic rings. The summed E-state index contributed by atoms with van der Waals surface area (Å²) in [4.78, 5) is 4.57. The minimum atomic E-state index is 0.248. The third-order valence-electron chi connectivity index (χ3n) is 2.97. The Morgan fingerprint density at radius 3 is 2.50 bits per heavy atom. The molecule has 0 aromatic heterocycles. The predicted octanol–water partition coefficient (Wildman–Crippen LogP) is 3.90. The van der Waals surface area contributed by atoms with E-state index in [0.717, 1.165) is 23.2 Å². The highest BCUT2D eigenvalue weighted by molar-refractivity contribution is 8.14. The number of hydrogen-bond donors (Lipinski definition) is 1. The second-order valence-electron chi connectivity index (χ2n) is 5.39. The standard InChI is InChI=1S/C14H19ClN2O2S/c1-14(2)7-16-13(20-8-14)17-10-6-11(18-3)9(15)5-12(10)19-4/h5-6H,7-8H2,1-4H3,(H,16,17). The molecular formula is C14H19ClN2O2S. The number of aliphatic imine (C=N–C) groups is 1. The van der Waals surface area contributed by atoms with E-state index < -0.39 is 0 Å². The van der Waals surface area contributed by atoms with Crippen LogP contribution in [0.1, 0.15) is 13.8 Å². The van der Waals surface area contributed by atoms with Gasteiger partial charge in [-0.15, -0.1) is 0 Å². The molecule has 0 saturated heterocycles. The fraction of sp³-hybridized carbons (Fsp3) is 0.500. The molecule has 110 valence electrons. The molecule has 0 fully saturated rings. The lowest BCUT2D eigenvalue weighted by atomic mass is 9.97. The van der Waals surface area contributed by atoms with Crippen molar-refractivity contribution in [2.45, 2.75) is 13.8 Å². The maximum Gasteiger partial charge on any atom is 0.161 e. The molecule has 1 heterocycles. The van der Waals surface area contributed by atoms with E-state index in [1.165, 1.54) is 0 Å². The number of nitrogens with zero attached hydrogens (tertiary/aromatic N) is 1. The SMILES string of the molecule is COc1cc(NC2=NCC(C)(C)CS2)c(OC)cc1Cl. The number of thioether (sulfide) groups is 1. The fourth-order valence-electron chi connectivity index (χ4n) is 1.79. The molecule has 0 bridgehead atoms. The predicted molar refractivity (Wildman–Crippen MR) is 86.7 cm³/mol. The number of rotatable bonds is 3. The molecule has 1 N–H and O–H groups in total. The number of ether oxygens (including phenoxy) is 2. The summed E-state index contributed by atoms with van der Waals surface area (Å²) < 4.78 is 10.6. The van der Waals surface area contributed by atoms with E-state index in [4.69, 9.17) is 21.1 Å². The molecule has 6 heteroatoms. The van der Waals surface area contributed by atoms with E-state index in [1.54, 1.807) is 32.0 Å². The molecule has 0 spiro atoms. The zero-order chi connectivity index (χ0) is 14.8. The maximum atomic E-state index is 6.09. The van der Waals surface area contributed by atoms with Crippen molar-refractivity contribution in [1.82, 2.24) is 0 Å². The topological polar surface area (TPSA) is 42.8 Å². The van der Waals surface area contributed by atoms with Gasteiger partial charge in [0, 0.05) is 24.4 Å². The van der Waals surface area contributed by atoms with Crippen LogP contribution in [0.2, 0.25) is 5.02 Å². The number of nitrogens with one attached hydrogen (secondary N) is 1. The van der Waals surface area contributed by atoms with Crippen molar-refractivity contribution < 1.29 is 9.47 Å². The number of anilines is 1. The van der Waals surface area contributed by atoms with E-state index in [-0.39, 0.29) is 5.41 Å². The van der Waals surface area contributed by atoms with Crippen molar-refractivity contribution in [3.63, 3.8) is 0 Å². The Balaban J connectivity index is 2.23. The first-order chi connectivity index (χ1) is 9.45. The molecular weight excluding hydrogens is 296 g/mol. The maximum absolute atomic E-state index is 6.09. The molecule has 0 aliphatic carbocycles. The summed E-state index contributed by atoms with van der Waals surface area (Å²) in [5.74, 6) is 2.31. The van der Waals surface area contributed by atoms with Crippen LogP contribution < -0.4 is 14.8 Å². The van der Waals surface area contributed by atoms with Gasteiger partial charge in [-0.05, 0) is 5.41 Å². The van der Waals surface area contributed by atoms with Gasteiger partial charge in [-0.1, -0.05) is 37.2 Å². The van der Waals surface area contributed by atoms with Gasteiger partial charge in [0.15, 0.2) is 5.17 Å². The number of amidine groups is 1. The smallest absolute Gasteiger partial charge is 0.161 e. The summed E-state index contributed by atoms with van der Waals surface area (Å²) in [5, 5.41) is 4.71. The van der Waals surface area contributed by atoms with E-state index in [1.807, 2.05) is 6.07 Å². The second kappa shape index (κ2) is 6.14. The minimum Gasteiger partial charge on any atom is -0.495 e. The van der Waals surface area contributed by atoms with Crippen LogP contribution in [-0.2, 0) is 0 Å². The number of methoxy groups -OCH3 is 2. The minimum absolute atomic E-state index is 0.248. The van der Waals surface area contributed by atoms with Crippen molar-refractivity contribution in [1.29, 1.82) is 0 Å². The van der Waals surface area contributed by atoms with E-state index >= 15 is 0 Å². The van der Waals surface area contributed by atoms with Crippen molar-refractivity contribution in [3.8, 4) is 11.5 Å². The van der Waals surface area contributed by atoms with Gasteiger partial charge in [0.05, 0.1) is 24.9 Å². The largest absolute Gasteiger partial charge is 0.495 e. The highest BCUT2D eigenvalue weighted by atomic mass is 35.5. The van der Waals surface area contributed by atoms with Gasteiger partial charge in [0.2, 0.25) is 0 Å². The first-order valence-electron chi connectivity index (χ1n) is 6.31. The summed E-state index contributed by atoms with van der Waals surface area (Å²) in [7, 11) is 3.20. The van der Waals surface area contributed by atoms with Gasteiger partial charge in [-0.3, -0.25) is 4.99 Å². The van der Waals surface area contributed by atoms with Crippen LogP contribution in [0.3, 0.4) is 0 Å². The van der Waals surface area contributed by atoms with Crippen LogP contribution in [0.4, 0.5) is 5.69 Å². The van der Waals surface area contributed by atoms with Crippen molar-refractivity contribution in [2.24, 2.45) is 10.4 Å². The zero-order valence-electron chi connectivity index (χ0n) is 12.1. The van der Waals surface area contributed by atoms with Crippen LogP contribution in [0.5, 0.6) is 11.5 Å². The molecule has 4 nitrogen and oxygen atoms in total. The van der Waals surface area contributed by atoms with E-state index in [0.29, 0.717) is 16.5 Å². The van der Waals surface area contributed by atoms with Crippen LogP contribution >= 0.6 is 23.4 Å². The molecule has 1 aromatic rings. The Hall–Kier alpha value is -1.07. The van der Waals surface area contributed by atoms with Gasteiger partial charge in [-0.2, -0.15) is 0 Å². The number of benzene rings is 1. The molecule has 2 rings (SSSR count). The average molecular weight is 315 g/mol. The average Bonchev–Trinajstić information content (AvgIpc) is 2.42. The Morgan fingerprint density at radius 1 is 1.25 bits per heavy atom. The summed E-state index contributed by atoms with van der Waals surface area (Å²) in [6.45, 7) is 5.24. The lowest BCUT2D eigenvalue weighted by Crippen LogP contribution is -2.27. The molecule has 0 saturated carbocycles. The quantitative estimate of drug-likeness (QED) is 0.919. The molecule has 1 aromatic carbocycles. The summed E-state index contributed by atoms with van der Waals surface area (Å²) >= 11 is 7.80. The zero-order valence-corrected chi connectivity index (χ0v) is 13.7. The lowest BCUT2D eigenvalue weighted by molar-refractivity contribution is 0.405. The Morgan fingerprint density at radius 2 is 1.95 bits per heavy atom. The van der Waals surface area contributed by atoms with Gasteiger partial charge in [-0.25, -0.2) is 0 Å². The van der Waals surface area contributed by atoms with Crippen LogP contribution in [-0.4, -0.2) is 31.7 Å². The number of halogens is 1. The van der Waals surface area contributed by atoms with Crippen LogP contribution in [0.15, 0.2) is 17.1 Å². The fourth-order valence-corrected chi connectivity index (χ4v) is 2.98. The summed E-state index contributed by atoms with van der Waals surface area (Å²) in [5.41, 5.74) is 1.05. The van der Waals surface area contributed by atoms with Crippen molar-refractivity contribution in [3.05, 3.63) is 17.2 Å². The second-order valence-corrected chi connectivity index (χ2v) is 6.76. The summed E-state index contributed by atoms with van der Waals surface area (Å²) in [6, 6.07) is 3.56. The van der Waals surface area contributed by atoms with Gasteiger partial charge < -0.3 is 14.8 Å². The molecule has 0 unspecified atom stereocenters. The normalized spacial score (nSPS) is 17.4. The third-order valence-corrected chi connectivity index (χ3v) is 4.69. The monoisotopic (exact) mass is 314 g/mol. The van der Waals surface area contributed by atoms with Crippen LogP contribution in [0.25, 0.3) is 0 Å². The van der Waals surface area contributed by atoms with Crippen molar-refractivity contribution >= 4 is 34.2 Å². The Bertz CT molecular complexity index is 532. The van der Waals surface area contributed by atoms with E-state index in [9.17, 15) is 0 Å². The molecule has 20 heavy (non-hydrogen) atoms. The van der Waals surface area contributed by atoms with Gasteiger partial charge in [0.1, 0.15) is 11.5 Å². The van der Waals surface area contributed by atoms with Gasteiger partial charge >= 0.3 is 0 Å². The molecule has 1 aliphatic heterocycles. The molecule has 0 radical (unpaired) electrons. The van der Waals surface area contributed by atoms with Gasteiger partial charge in [0.25, 0.3) is 0 Å². The summed E-state index contributed by atoms with van der Waals surface area (Å²) in [6.07, 6.45) is 0. The number of hydrogen-bond acceptors (Lipinski definition) is 5. The highest BCUT2D eigenvalue weighted by Gasteiger charge is 2.24. The molecule has 0 atom stereocenters. The molecule has 0 amide bonds. The first-order valence-corrected chi connectivity index (χ1v) is 7.67.